The Balaban J connectivity index is 1.50. The van der Waals surface area contributed by atoms with Crippen LogP contribution in [0.4, 0.5) is 4.39 Å². The van der Waals surface area contributed by atoms with Gasteiger partial charge in [-0.05, 0) is 56.0 Å². The van der Waals surface area contributed by atoms with E-state index in [4.69, 9.17) is 15.5 Å². The molecule has 0 unspecified atom stereocenters. The molecule has 3 aromatic heterocycles. The maximum absolute atomic E-state index is 13.9. The molecule has 2 atom stereocenters. The van der Waals surface area contributed by atoms with Crippen LogP contribution in [0.15, 0.2) is 30.6 Å². The fourth-order valence-corrected chi connectivity index (χ4v) is 5.83. The third kappa shape index (κ3) is 5.50. The number of halogens is 1. The van der Waals surface area contributed by atoms with Crippen molar-refractivity contribution in [3.05, 3.63) is 42.0 Å². The van der Waals surface area contributed by atoms with E-state index in [1.165, 1.54) is 12.1 Å². The van der Waals surface area contributed by atoms with E-state index in [0.29, 0.717) is 52.7 Å². The number of carbonyl (C=O) groups excluding carboxylic acids is 1. The number of aryl methyl sites for hydroxylation is 1. The largest absolute Gasteiger partial charge is 0.361 e. The first-order valence-electron chi connectivity index (χ1n) is 13.2. The van der Waals surface area contributed by atoms with Crippen molar-refractivity contribution >= 4 is 36.0 Å². The number of nitrogens with zero attached hydrogens (tertiary/aromatic N) is 5. The summed E-state index contributed by atoms with van der Waals surface area (Å²) in [7, 11) is 0.536. The van der Waals surface area contributed by atoms with E-state index in [0.717, 1.165) is 30.7 Å². The highest BCUT2D eigenvalue weighted by Crippen LogP contribution is 2.30. The van der Waals surface area contributed by atoms with Gasteiger partial charge in [-0.2, -0.15) is 5.10 Å². The fraction of sp³-hybridized carbons (Fsp3) is 0.481. The minimum absolute atomic E-state index is 0.0909. The Morgan fingerprint density at radius 3 is 2.84 bits per heavy atom. The second-order valence-corrected chi connectivity index (χ2v) is 17.1. The summed E-state index contributed by atoms with van der Waals surface area (Å²) in [4.78, 5) is 23.0. The lowest BCUT2D eigenvalue weighted by Crippen LogP contribution is -2.33. The van der Waals surface area contributed by atoms with Crippen LogP contribution in [0.3, 0.4) is 0 Å². The number of rotatable bonds is 9. The molecule has 0 spiro atoms. The van der Waals surface area contributed by atoms with Crippen LogP contribution in [0.2, 0.25) is 25.7 Å². The van der Waals surface area contributed by atoms with Crippen molar-refractivity contribution in [1.82, 2.24) is 29.6 Å². The standard InChI is InChI=1S/C27H36FN7O2Si/c1-34-23-12-18(28)6-8-20(23)24(33-34)22-14-30-26-25(32-22)21(15-35(26)16-37-9-10-38(2,3)4)27(36)31-19-7-5-17(11-19)13-29/h6,8,12,14-15,17,19H,5,7,9-11,13,16,29H2,1-4H3,(H,31,36)/t17-,19+/m1/s1. The van der Waals surface area contributed by atoms with Gasteiger partial charge in [0, 0.05) is 39.4 Å². The molecule has 202 valence electrons. The average molecular weight is 538 g/mol. The highest BCUT2D eigenvalue weighted by Gasteiger charge is 2.27. The first-order valence-corrected chi connectivity index (χ1v) is 16.9. The van der Waals surface area contributed by atoms with Gasteiger partial charge in [-0.25, -0.2) is 14.4 Å². The molecule has 3 heterocycles. The number of nitrogens with one attached hydrogen (secondary N) is 1. The molecule has 38 heavy (non-hydrogen) atoms. The second-order valence-electron chi connectivity index (χ2n) is 11.5. The third-order valence-corrected chi connectivity index (χ3v) is 9.01. The van der Waals surface area contributed by atoms with Crippen LogP contribution in [-0.2, 0) is 18.5 Å². The summed E-state index contributed by atoms with van der Waals surface area (Å²) in [5, 5.41) is 8.53. The molecule has 1 aromatic carbocycles. The van der Waals surface area contributed by atoms with Crippen LogP contribution in [0.1, 0.15) is 29.6 Å². The molecular weight excluding hydrogens is 501 g/mol. The van der Waals surface area contributed by atoms with Gasteiger partial charge in [0.05, 0.1) is 17.3 Å². The van der Waals surface area contributed by atoms with Gasteiger partial charge in [-0.3, -0.25) is 9.48 Å². The quantitative estimate of drug-likeness (QED) is 0.243. The van der Waals surface area contributed by atoms with Crippen molar-refractivity contribution in [3.63, 3.8) is 0 Å². The average Bonchev–Trinajstić information content (AvgIpc) is 3.57. The van der Waals surface area contributed by atoms with Gasteiger partial charge in [-0.15, -0.1) is 0 Å². The Morgan fingerprint density at radius 2 is 2.11 bits per heavy atom. The van der Waals surface area contributed by atoms with E-state index >= 15 is 0 Å². The molecule has 0 bridgehead atoms. The topological polar surface area (TPSA) is 113 Å². The minimum Gasteiger partial charge on any atom is -0.361 e. The van der Waals surface area contributed by atoms with Crippen molar-refractivity contribution in [2.45, 2.75) is 57.7 Å². The number of benzene rings is 1. The zero-order chi connectivity index (χ0) is 27.0. The Labute approximate surface area is 222 Å². The first-order chi connectivity index (χ1) is 18.1. The maximum Gasteiger partial charge on any atom is 0.255 e. The summed E-state index contributed by atoms with van der Waals surface area (Å²) in [6.45, 7) is 8.51. The molecule has 0 saturated heterocycles. The lowest BCUT2D eigenvalue weighted by atomic mass is 10.1. The summed E-state index contributed by atoms with van der Waals surface area (Å²) in [5.41, 5.74) is 9.12. The Hall–Kier alpha value is -3.15. The highest BCUT2D eigenvalue weighted by atomic mass is 28.3. The zero-order valence-corrected chi connectivity index (χ0v) is 23.5. The fourth-order valence-electron chi connectivity index (χ4n) is 5.07. The van der Waals surface area contributed by atoms with Crippen LogP contribution < -0.4 is 11.1 Å². The number of aromatic nitrogens is 5. The number of fused-ring (bicyclic) bond motifs is 2. The summed E-state index contributed by atoms with van der Waals surface area (Å²) >= 11 is 0. The van der Waals surface area contributed by atoms with E-state index in [9.17, 15) is 9.18 Å². The van der Waals surface area contributed by atoms with Gasteiger partial charge in [0.15, 0.2) is 5.65 Å². The van der Waals surface area contributed by atoms with Crippen molar-refractivity contribution < 1.29 is 13.9 Å². The van der Waals surface area contributed by atoms with Crippen molar-refractivity contribution in [2.75, 3.05) is 13.2 Å². The molecule has 5 rings (SSSR count). The monoisotopic (exact) mass is 537 g/mol. The van der Waals surface area contributed by atoms with Crippen LogP contribution in [0.25, 0.3) is 33.5 Å². The van der Waals surface area contributed by atoms with E-state index in [-0.39, 0.29) is 24.5 Å². The molecule has 9 nitrogen and oxygen atoms in total. The molecule has 1 amide bonds. The minimum atomic E-state index is -1.23. The predicted molar refractivity (Wildman–Crippen MR) is 149 cm³/mol. The molecule has 1 saturated carbocycles. The van der Waals surface area contributed by atoms with Gasteiger partial charge >= 0.3 is 0 Å². The van der Waals surface area contributed by atoms with Gasteiger partial charge < -0.3 is 20.4 Å². The van der Waals surface area contributed by atoms with Gasteiger partial charge in [0.1, 0.15) is 29.5 Å². The predicted octanol–water partition coefficient (Wildman–Crippen LogP) is 4.29. The van der Waals surface area contributed by atoms with Crippen molar-refractivity contribution in [3.8, 4) is 11.4 Å². The van der Waals surface area contributed by atoms with Gasteiger partial charge in [-0.1, -0.05) is 19.6 Å². The summed E-state index contributed by atoms with van der Waals surface area (Å²) in [6, 6.07) is 5.68. The number of hydrogen-bond donors (Lipinski definition) is 2. The maximum atomic E-state index is 13.9. The zero-order valence-electron chi connectivity index (χ0n) is 22.5. The van der Waals surface area contributed by atoms with Gasteiger partial charge in [0.25, 0.3) is 5.91 Å². The van der Waals surface area contributed by atoms with E-state index in [2.05, 4.69) is 35.0 Å². The molecule has 1 aliphatic rings. The highest BCUT2D eigenvalue weighted by molar-refractivity contribution is 6.76. The van der Waals surface area contributed by atoms with Crippen LogP contribution >= 0.6 is 0 Å². The smallest absolute Gasteiger partial charge is 0.255 e. The molecular formula is C27H36FN7O2Si. The SMILES string of the molecule is Cn1nc(-c2cnc3c(n2)c(C(=O)N[C@H]2CC[C@@H](CN)C2)cn3COCC[Si](C)(C)C)c2ccc(F)cc21. The Kier molecular flexibility index (Phi) is 7.34. The number of carbonyl (C=O) groups is 1. The number of nitrogens with two attached hydrogens (primary N) is 1. The summed E-state index contributed by atoms with van der Waals surface area (Å²) < 4.78 is 23.3. The number of hydrogen-bond acceptors (Lipinski definition) is 6. The normalized spacial score (nSPS) is 18.1. The van der Waals surface area contributed by atoms with Crippen LogP contribution in [0.5, 0.6) is 0 Å². The number of ether oxygens (including phenoxy) is 1. The molecule has 4 aromatic rings. The molecule has 1 fully saturated rings. The third-order valence-electron chi connectivity index (χ3n) is 7.30. The van der Waals surface area contributed by atoms with Crippen LogP contribution in [-0.4, -0.2) is 57.5 Å². The van der Waals surface area contributed by atoms with Gasteiger partial charge in [0.2, 0.25) is 0 Å². The van der Waals surface area contributed by atoms with Crippen molar-refractivity contribution in [2.24, 2.45) is 18.7 Å². The molecule has 3 N–H and O–H groups in total. The molecule has 0 aliphatic heterocycles. The van der Waals surface area contributed by atoms with Crippen LogP contribution in [0, 0.1) is 11.7 Å². The van der Waals surface area contributed by atoms with E-state index in [1.54, 1.807) is 30.2 Å². The van der Waals surface area contributed by atoms with E-state index in [1.807, 2.05) is 4.57 Å². The summed E-state index contributed by atoms with van der Waals surface area (Å²) in [6.07, 6.45) is 6.25. The number of amides is 1. The van der Waals surface area contributed by atoms with E-state index < -0.39 is 8.07 Å². The molecule has 1 aliphatic carbocycles. The second kappa shape index (κ2) is 10.5. The Bertz CT molecular complexity index is 1480. The summed E-state index contributed by atoms with van der Waals surface area (Å²) in [5.74, 6) is -0.0736. The molecule has 0 radical (unpaired) electrons. The lowest BCUT2D eigenvalue weighted by molar-refractivity contribution is 0.0889. The first kappa shape index (κ1) is 26.5. The lowest BCUT2D eigenvalue weighted by Gasteiger charge is -2.15. The molecule has 11 heteroatoms. The Morgan fingerprint density at radius 1 is 1.29 bits per heavy atom. The van der Waals surface area contributed by atoms with Crippen molar-refractivity contribution in [1.29, 1.82) is 0 Å².